The molecule has 0 aliphatic carbocycles. The van der Waals surface area contributed by atoms with Crippen molar-refractivity contribution < 1.29 is 27.5 Å². The van der Waals surface area contributed by atoms with Crippen LogP contribution in [0.2, 0.25) is 0 Å². The van der Waals surface area contributed by atoms with Gasteiger partial charge in [0.05, 0.1) is 35.2 Å². The lowest BCUT2D eigenvalue weighted by atomic mass is 10.1. The molecule has 30 heavy (non-hydrogen) atoms. The minimum atomic E-state index is -4.03. The second-order valence-corrected chi connectivity index (χ2v) is 8.22. The second-order valence-electron chi connectivity index (χ2n) is 6.54. The van der Waals surface area contributed by atoms with Crippen LogP contribution in [-0.2, 0) is 19.6 Å². The maximum absolute atomic E-state index is 13.0. The molecule has 160 valence electrons. The number of carbonyl (C=O) groups is 2. The van der Waals surface area contributed by atoms with Crippen LogP contribution in [0.25, 0.3) is 0 Å². The van der Waals surface area contributed by atoms with Gasteiger partial charge in [-0.1, -0.05) is 0 Å². The predicted octanol–water partition coefficient (Wildman–Crippen LogP) is 2.81. The number of fused-ring (bicyclic) bond motifs is 1. The highest BCUT2D eigenvalue weighted by molar-refractivity contribution is 7.92. The number of hydrogen-bond donors (Lipinski definition) is 3. The van der Waals surface area contributed by atoms with Crippen LogP contribution in [-0.4, -0.2) is 33.4 Å². The SMILES string of the molecule is CCOc1ccc(OCC)c(NS(=O)(=O)c2ccc3c(c2)NC(=O)[C@@H](C)C(=O)N3)c1. The fourth-order valence-corrected chi connectivity index (χ4v) is 3.92. The van der Waals surface area contributed by atoms with E-state index in [2.05, 4.69) is 15.4 Å². The van der Waals surface area contributed by atoms with Gasteiger partial charge < -0.3 is 20.1 Å². The maximum Gasteiger partial charge on any atom is 0.262 e. The molecule has 3 N–H and O–H groups in total. The third-order valence-electron chi connectivity index (χ3n) is 4.41. The lowest BCUT2D eigenvalue weighted by molar-refractivity contribution is -0.128. The molecule has 1 atom stereocenters. The van der Waals surface area contributed by atoms with Crippen molar-refractivity contribution in [3.63, 3.8) is 0 Å². The summed E-state index contributed by atoms with van der Waals surface area (Å²) in [6.07, 6.45) is 0. The van der Waals surface area contributed by atoms with E-state index in [1.165, 1.54) is 25.1 Å². The number of carbonyl (C=O) groups excluding carboxylic acids is 2. The van der Waals surface area contributed by atoms with E-state index in [1.54, 1.807) is 25.1 Å². The summed E-state index contributed by atoms with van der Waals surface area (Å²) in [5, 5.41) is 5.18. The Balaban J connectivity index is 1.95. The minimum Gasteiger partial charge on any atom is -0.494 e. The van der Waals surface area contributed by atoms with E-state index < -0.39 is 27.8 Å². The molecule has 0 bridgehead atoms. The maximum atomic E-state index is 13.0. The Hall–Kier alpha value is -3.27. The Kier molecular flexibility index (Phi) is 6.16. The standard InChI is InChI=1S/C20H23N3O6S/c1-4-28-13-6-9-18(29-5-2)17(10-13)23-30(26,27)14-7-8-15-16(11-14)22-20(25)12(3)19(24)21-15/h6-12,23H,4-5H2,1-3H3,(H,21,24)(H,22,25)/t12-/m0/s1. The van der Waals surface area contributed by atoms with Gasteiger partial charge in [-0.05, 0) is 51.1 Å². The van der Waals surface area contributed by atoms with E-state index >= 15 is 0 Å². The van der Waals surface area contributed by atoms with Gasteiger partial charge >= 0.3 is 0 Å². The molecule has 3 rings (SSSR count). The van der Waals surface area contributed by atoms with E-state index in [1.807, 2.05) is 6.92 Å². The number of ether oxygens (including phenoxy) is 2. The largest absolute Gasteiger partial charge is 0.494 e. The molecule has 0 aromatic heterocycles. The molecule has 1 heterocycles. The summed E-state index contributed by atoms with van der Waals surface area (Å²) in [5.41, 5.74) is 0.752. The summed E-state index contributed by atoms with van der Waals surface area (Å²) in [6.45, 7) is 5.86. The van der Waals surface area contributed by atoms with Crippen molar-refractivity contribution in [2.24, 2.45) is 5.92 Å². The zero-order valence-electron chi connectivity index (χ0n) is 16.8. The molecule has 10 heteroatoms. The Morgan fingerprint density at radius 3 is 2.27 bits per heavy atom. The van der Waals surface area contributed by atoms with E-state index in [0.717, 1.165) is 0 Å². The molecule has 1 aliphatic rings. The molecule has 1 aliphatic heterocycles. The first-order valence-electron chi connectivity index (χ1n) is 9.43. The van der Waals surface area contributed by atoms with Gasteiger partial charge in [-0.15, -0.1) is 0 Å². The summed E-state index contributed by atoms with van der Waals surface area (Å²) in [5.74, 6) is -1.03. The van der Waals surface area contributed by atoms with Gasteiger partial charge in [0.2, 0.25) is 11.8 Å². The van der Waals surface area contributed by atoms with Gasteiger partial charge in [-0.2, -0.15) is 0 Å². The van der Waals surface area contributed by atoms with Crippen LogP contribution in [0, 0.1) is 5.92 Å². The van der Waals surface area contributed by atoms with Gasteiger partial charge in [0, 0.05) is 6.07 Å². The van der Waals surface area contributed by atoms with Crippen LogP contribution in [0.3, 0.4) is 0 Å². The molecule has 0 unspecified atom stereocenters. The normalized spacial score (nSPS) is 16.0. The third kappa shape index (κ3) is 4.48. The molecule has 2 amide bonds. The van der Waals surface area contributed by atoms with Crippen LogP contribution in [0.1, 0.15) is 20.8 Å². The van der Waals surface area contributed by atoms with Crippen molar-refractivity contribution in [3.05, 3.63) is 36.4 Å². The zero-order valence-corrected chi connectivity index (χ0v) is 17.6. The van der Waals surface area contributed by atoms with Crippen LogP contribution in [0.4, 0.5) is 17.1 Å². The van der Waals surface area contributed by atoms with Crippen LogP contribution >= 0.6 is 0 Å². The zero-order chi connectivity index (χ0) is 21.9. The Morgan fingerprint density at radius 2 is 1.60 bits per heavy atom. The van der Waals surface area contributed by atoms with Crippen molar-refractivity contribution in [2.45, 2.75) is 25.7 Å². The molecule has 0 radical (unpaired) electrons. The van der Waals surface area contributed by atoms with E-state index in [4.69, 9.17) is 9.47 Å². The number of benzene rings is 2. The molecular weight excluding hydrogens is 410 g/mol. The summed E-state index contributed by atoms with van der Waals surface area (Å²) >= 11 is 0. The molecule has 0 saturated heterocycles. The highest BCUT2D eigenvalue weighted by Crippen LogP contribution is 2.33. The topological polar surface area (TPSA) is 123 Å². The van der Waals surface area contributed by atoms with Crippen molar-refractivity contribution in [3.8, 4) is 11.5 Å². The number of rotatable bonds is 7. The van der Waals surface area contributed by atoms with E-state index in [-0.39, 0.29) is 16.3 Å². The Bertz CT molecular complexity index is 1080. The van der Waals surface area contributed by atoms with Crippen LogP contribution in [0.5, 0.6) is 11.5 Å². The first-order valence-corrected chi connectivity index (χ1v) is 10.9. The number of anilines is 3. The molecule has 9 nitrogen and oxygen atoms in total. The van der Waals surface area contributed by atoms with Crippen LogP contribution in [0.15, 0.2) is 41.3 Å². The molecule has 0 fully saturated rings. The molecule has 0 spiro atoms. The summed E-state index contributed by atoms with van der Waals surface area (Å²) < 4.78 is 39.5. The second kappa shape index (κ2) is 8.62. The molecule has 0 saturated carbocycles. The lowest BCUT2D eigenvalue weighted by Crippen LogP contribution is -2.28. The van der Waals surface area contributed by atoms with Gasteiger partial charge in [-0.25, -0.2) is 8.42 Å². The van der Waals surface area contributed by atoms with Gasteiger partial charge in [0.1, 0.15) is 17.4 Å². The molecule has 2 aromatic carbocycles. The van der Waals surface area contributed by atoms with Crippen molar-refractivity contribution in [2.75, 3.05) is 28.6 Å². The summed E-state index contributed by atoms with van der Waals surface area (Å²) in [4.78, 5) is 24.0. The van der Waals surface area contributed by atoms with Gasteiger partial charge in [0.25, 0.3) is 10.0 Å². The number of hydrogen-bond acceptors (Lipinski definition) is 6. The van der Waals surface area contributed by atoms with Crippen molar-refractivity contribution in [1.29, 1.82) is 0 Å². The first-order chi connectivity index (χ1) is 14.2. The Morgan fingerprint density at radius 1 is 0.933 bits per heavy atom. The number of sulfonamides is 1. The highest BCUT2D eigenvalue weighted by Gasteiger charge is 2.28. The monoisotopic (exact) mass is 433 g/mol. The third-order valence-corrected chi connectivity index (χ3v) is 5.77. The van der Waals surface area contributed by atoms with E-state index in [0.29, 0.717) is 30.4 Å². The summed E-state index contributed by atoms with van der Waals surface area (Å²) in [7, 11) is -4.03. The number of nitrogens with one attached hydrogen (secondary N) is 3. The fraction of sp³-hybridized carbons (Fsp3) is 0.300. The highest BCUT2D eigenvalue weighted by atomic mass is 32.2. The summed E-state index contributed by atoms with van der Waals surface area (Å²) in [6, 6.07) is 8.92. The van der Waals surface area contributed by atoms with Crippen molar-refractivity contribution in [1.82, 2.24) is 0 Å². The quantitative estimate of drug-likeness (QED) is 0.577. The fourth-order valence-electron chi connectivity index (χ4n) is 2.83. The first kappa shape index (κ1) is 21.4. The van der Waals surface area contributed by atoms with Crippen molar-refractivity contribution >= 4 is 38.9 Å². The smallest absolute Gasteiger partial charge is 0.262 e. The minimum absolute atomic E-state index is 0.0883. The average molecular weight is 433 g/mol. The van der Waals surface area contributed by atoms with Gasteiger partial charge in [-0.3, -0.25) is 14.3 Å². The van der Waals surface area contributed by atoms with E-state index in [9.17, 15) is 18.0 Å². The Labute approximate surface area is 174 Å². The molecular formula is C20H23N3O6S. The lowest BCUT2D eigenvalue weighted by Gasteiger charge is -2.15. The van der Waals surface area contributed by atoms with Crippen LogP contribution < -0.4 is 24.8 Å². The number of amides is 2. The molecule has 2 aromatic rings. The average Bonchev–Trinajstić information content (AvgIpc) is 2.80. The predicted molar refractivity (Wildman–Crippen MR) is 112 cm³/mol. The van der Waals surface area contributed by atoms with Gasteiger partial charge in [0.15, 0.2) is 0 Å².